The van der Waals surface area contributed by atoms with Crippen LogP contribution in [0.3, 0.4) is 0 Å². The number of hydrogen-bond donors (Lipinski definition) is 1. The monoisotopic (exact) mass is 615 g/mol. The molecule has 13 heteroatoms. The number of rotatable bonds is 10. The van der Waals surface area contributed by atoms with Crippen LogP contribution in [-0.2, 0) is 12.8 Å². The fourth-order valence-electron chi connectivity index (χ4n) is 3.81. The summed E-state index contributed by atoms with van der Waals surface area (Å²) in [4.78, 5) is 34.3. The zero-order valence-corrected chi connectivity index (χ0v) is 24.7. The fraction of sp³-hybridized carbons (Fsp3) is 0.233. The first-order valence-electron chi connectivity index (χ1n) is 12.8. The highest BCUT2D eigenvalue weighted by Gasteiger charge is 2.39. The molecule has 0 saturated carbocycles. The average Bonchev–Trinajstić information content (AvgIpc) is 3.32. The number of alkyl halides is 3. The molecule has 0 fully saturated rings. The molecule has 0 aliphatic heterocycles. The third-order valence-electron chi connectivity index (χ3n) is 6.16. The van der Waals surface area contributed by atoms with Gasteiger partial charge in [0.25, 0.3) is 5.91 Å². The van der Waals surface area contributed by atoms with Crippen LogP contribution in [-0.4, -0.2) is 57.7 Å². The van der Waals surface area contributed by atoms with Gasteiger partial charge in [0, 0.05) is 31.1 Å². The number of amides is 1. The van der Waals surface area contributed by atoms with Gasteiger partial charge in [-0.25, -0.2) is 9.48 Å². The SMILES string of the molecule is C\C=C(/C=N\C(C)=C\C(C)=NC)N(C)C(=O)c1cccc(-n2nc(C(F)(F)F)c(Cl)c2COc2ccc(C(=O)O)cc2)c1. The van der Waals surface area contributed by atoms with Crippen LogP contribution in [0.25, 0.3) is 5.69 Å². The van der Waals surface area contributed by atoms with Gasteiger partial charge < -0.3 is 14.7 Å². The molecule has 1 amide bonds. The summed E-state index contributed by atoms with van der Waals surface area (Å²) in [7, 11) is 3.22. The Kier molecular flexibility index (Phi) is 10.7. The molecule has 0 unspecified atom stereocenters. The minimum Gasteiger partial charge on any atom is -0.487 e. The van der Waals surface area contributed by atoms with E-state index in [1.165, 1.54) is 59.6 Å². The van der Waals surface area contributed by atoms with E-state index in [1.807, 2.05) is 6.92 Å². The summed E-state index contributed by atoms with van der Waals surface area (Å²) >= 11 is 6.14. The third-order valence-corrected chi connectivity index (χ3v) is 6.56. The second-order valence-corrected chi connectivity index (χ2v) is 9.55. The van der Waals surface area contributed by atoms with Crippen molar-refractivity contribution >= 4 is 35.4 Å². The number of carbonyl (C=O) groups excluding carboxylic acids is 1. The van der Waals surface area contributed by atoms with Gasteiger partial charge in [0.2, 0.25) is 0 Å². The van der Waals surface area contributed by atoms with Crippen molar-refractivity contribution in [1.82, 2.24) is 14.7 Å². The van der Waals surface area contributed by atoms with Crippen LogP contribution in [0.5, 0.6) is 5.75 Å². The Balaban J connectivity index is 1.94. The summed E-state index contributed by atoms with van der Waals surface area (Å²) in [6.07, 6.45) is 0.145. The molecular formula is C30H29ClF3N5O4. The van der Waals surface area contributed by atoms with Gasteiger partial charge in [-0.2, -0.15) is 18.3 Å². The van der Waals surface area contributed by atoms with Gasteiger partial charge in [0.15, 0.2) is 5.69 Å². The lowest BCUT2D eigenvalue weighted by atomic mass is 10.1. The minimum absolute atomic E-state index is 0.0150. The quantitative estimate of drug-likeness (QED) is 0.251. The molecule has 2 aromatic carbocycles. The van der Waals surface area contributed by atoms with Crippen LogP contribution in [0.1, 0.15) is 52.9 Å². The normalized spacial score (nSPS) is 13.0. The lowest BCUT2D eigenvalue weighted by molar-refractivity contribution is -0.141. The van der Waals surface area contributed by atoms with Crippen molar-refractivity contribution in [3.8, 4) is 11.4 Å². The molecular weight excluding hydrogens is 587 g/mol. The largest absolute Gasteiger partial charge is 0.487 e. The first-order valence-corrected chi connectivity index (χ1v) is 13.2. The Morgan fingerprint density at radius 1 is 1.14 bits per heavy atom. The fourth-order valence-corrected chi connectivity index (χ4v) is 4.09. The van der Waals surface area contributed by atoms with Crippen molar-refractivity contribution in [2.45, 2.75) is 33.6 Å². The summed E-state index contributed by atoms with van der Waals surface area (Å²) in [5.74, 6) is -1.38. The van der Waals surface area contributed by atoms with Gasteiger partial charge in [-0.15, -0.1) is 0 Å². The second-order valence-electron chi connectivity index (χ2n) is 9.17. The van der Waals surface area contributed by atoms with Crippen LogP contribution < -0.4 is 4.74 Å². The van der Waals surface area contributed by atoms with E-state index < -0.39 is 35.4 Å². The first-order chi connectivity index (χ1) is 20.3. The smallest absolute Gasteiger partial charge is 0.436 e. The zero-order valence-electron chi connectivity index (χ0n) is 24.0. The van der Waals surface area contributed by atoms with E-state index in [2.05, 4.69) is 15.1 Å². The molecule has 0 radical (unpaired) electrons. The number of benzene rings is 2. The van der Waals surface area contributed by atoms with Gasteiger partial charge >= 0.3 is 12.1 Å². The topological polar surface area (TPSA) is 109 Å². The van der Waals surface area contributed by atoms with E-state index in [0.29, 0.717) is 11.4 Å². The molecule has 3 aromatic rings. The predicted molar refractivity (Wildman–Crippen MR) is 158 cm³/mol. The van der Waals surface area contributed by atoms with E-state index in [0.717, 1.165) is 10.4 Å². The second kappa shape index (κ2) is 14.0. The van der Waals surface area contributed by atoms with Gasteiger partial charge in [-0.3, -0.25) is 14.8 Å². The van der Waals surface area contributed by atoms with Crippen molar-refractivity contribution in [2.24, 2.45) is 9.98 Å². The number of carbonyl (C=O) groups is 2. The standard InChI is InChI=1S/C30H29ClF3N5O4/c1-6-22(16-36-19(3)14-18(2)35-4)38(5)28(40)21-8-7-9-23(15-21)39-25(26(31)27(37-39)30(32,33)34)17-43-24-12-10-20(11-13-24)29(41)42/h6-16H,17H2,1-5H3,(H,41,42)/b19-14+,22-6+,35-18?,36-16-. The van der Waals surface area contributed by atoms with Gasteiger partial charge in [-0.05, 0) is 69.3 Å². The molecule has 0 atom stereocenters. The van der Waals surface area contributed by atoms with Crippen molar-refractivity contribution in [2.75, 3.05) is 14.1 Å². The summed E-state index contributed by atoms with van der Waals surface area (Å²) < 4.78 is 47.9. The third kappa shape index (κ3) is 8.19. The Bertz CT molecular complexity index is 1620. The Morgan fingerprint density at radius 3 is 2.40 bits per heavy atom. The minimum atomic E-state index is -4.86. The molecule has 0 bridgehead atoms. The number of aromatic carboxylic acids is 1. The molecule has 43 heavy (non-hydrogen) atoms. The molecule has 0 aliphatic carbocycles. The molecule has 0 spiro atoms. The van der Waals surface area contributed by atoms with Crippen molar-refractivity contribution in [3.63, 3.8) is 0 Å². The predicted octanol–water partition coefficient (Wildman–Crippen LogP) is 6.86. The number of carboxylic acid groups (broad SMARTS) is 1. The molecule has 1 aromatic heterocycles. The van der Waals surface area contributed by atoms with E-state index in [-0.39, 0.29) is 28.3 Å². The maximum Gasteiger partial charge on any atom is 0.436 e. The lowest BCUT2D eigenvalue weighted by Crippen LogP contribution is -2.27. The van der Waals surface area contributed by atoms with Crippen molar-refractivity contribution in [3.05, 3.63) is 99.6 Å². The summed E-state index contributed by atoms with van der Waals surface area (Å²) in [5, 5.41) is 12.1. The number of hydrogen-bond acceptors (Lipinski definition) is 6. The Morgan fingerprint density at radius 2 is 1.81 bits per heavy atom. The number of aliphatic imine (C=N–C) groups is 2. The van der Waals surface area contributed by atoms with Crippen LogP contribution in [0.4, 0.5) is 13.2 Å². The molecule has 226 valence electrons. The Hall–Kier alpha value is -4.71. The van der Waals surface area contributed by atoms with E-state index in [1.54, 1.807) is 40.1 Å². The number of allylic oxidation sites excluding steroid dienone is 4. The van der Waals surface area contributed by atoms with Crippen molar-refractivity contribution < 1.29 is 32.6 Å². The van der Waals surface area contributed by atoms with Gasteiger partial charge in [-0.1, -0.05) is 23.7 Å². The first kappa shape index (κ1) is 32.8. The average molecular weight is 616 g/mol. The zero-order chi connectivity index (χ0) is 31.9. The van der Waals surface area contributed by atoms with Crippen LogP contribution in [0, 0.1) is 0 Å². The van der Waals surface area contributed by atoms with E-state index >= 15 is 0 Å². The summed E-state index contributed by atoms with van der Waals surface area (Å²) in [6, 6.07) is 11.2. The Labute approximate surface area is 251 Å². The van der Waals surface area contributed by atoms with Crippen LogP contribution in [0.15, 0.2) is 82.1 Å². The maximum atomic E-state index is 13.8. The number of halogens is 4. The number of ether oxygens (including phenoxy) is 1. The molecule has 1 N–H and O–H groups in total. The van der Waals surface area contributed by atoms with Crippen LogP contribution >= 0.6 is 11.6 Å². The molecule has 9 nitrogen and oxygen atoms in total. The highest BCUT2D eigenvalue weighted by Crippen LogP contribution is 2.37. The molecule has 0 aliphatic rings. The highest BCUT2D eigenvalue weighted by molar-refractivity contribution is 6.32. The molecule has 1 heterocycles. The lowest BCUT2D eigenvalue weighted by Gasteiger charge is -2.18. The van der Waals surface area contributed by atoms with Crippen LogP contribution in [0.2, 0.25) is 5.02 Å². The summed E-state index contributed by atoms with van der Waals surface area (Å²) in [6.45, 7) is 4.94. The summed E-state index contributed by atoms with van der Waals surface area (Å²) in [5.41, 5.74) is 0.830. The number of aromatic nitrogens is 2. The van der Waals surface area contributed by atoms with Crippen molar-refractivity contribution in [1.29, 1.82) is 0 Å². The maximum absolute atomic E-state index is 13.8. The van der Waals surface area contributed by atoms with Gasteiger partial charge in [0.05, 0.1) is 28.2 Å². The molecule has 0 saturated heterocycles. The van der Waals surface area contributed by atoms with E-state index in [9.17, 15) is 22.8 Å². The van der Waals surface area contributed by atoms with Gasteiger partial charge in [0.1, 0.15) is 18.1 Å². The number of carboxylic acids is 1. The highest BCUT2D eigenvalue weighted by atomic mass is 35.5. The van der Waals surface area contributed by atoms with E-state index in [4.69, 9.17) is 21.4 Å². The number of nitrogens with zero attached hydrogens (tertiary/aromatic N) is 5. The molecule has 3 rings (SSSR count).